The lowest BCUT2D eigenvalue weighted by atomic mass is 10.1. The highest BCUT2D eigenvalue weighted by Crippen LogP contribution is 2.55. The van der Waals surface area contributed by atoms with Crippen LogP contribution in [0.3, 0.4) is 0 Å². The topological polar surface area (TPSA) is 0 Å². The van der Waals surface area contributed by atoms with Crippen LogP contribution >= 0.6 is 7.26 Å². The van der Waals surface area contributed by atoms with Crippen LogP contribution in [0.25, 0.3) is 0 Å². The number of benzene rings is 1. The smallest absolute Gasteiger partial charge is 0.0654 e. The molecule has 0 unspecified atom stereocenters. The summed E-state index contributed by atoms with van der Waals surface area (Å²) in [5.41, 5.74) is 0. The molecule has 0 nitrogen and oxygen atoms in total. The van der Waals surface area contributed by atoms with Gasteiger partial charge in [-0.25, -0.2) is 0 Å². The van der Waals surface area contributed by atoms with E-state index in [0.29, 0.717) is 0 Å². The molecule has 0 spiro atoms. The van der Waals surface area contributed by atoms with Crippen LogP contribution in [0.15, 0.2) is 30.3 Å². The van der Waals surface area contributed by atoms with Gasteiger partial charge in [-0.15, -0.1) is 0 Å². The van der Waals surface area contributed by atoms with Gasteiger partial charge in [-0.2, -0.15) is 0 Å². The van der Waals surface area contributed by atoms with Gasteiger partial charge in [-0.3, -0.25) is 0 Å². The quantitative estimate of drug-likeness (QED) is 0.225. The Bertz CT molecular complexity index is 368. The van der Waals surface area contributed by atoms with Crippen LogP contribution in [-0.4, -0.2) is 19.0 Å². The van der Waals surface area contributed by atoms with E-state index in [0.717, 1.165) is 0 Å². The summed E-state index contributed by atoms with van der Waals surface area (Å²) in [5, 5.41) is 1.67. The second-order valence-corrected chi connectivity index (χ2v) is 11.9. The summed E-state index contributed by atoms with van der Waals surface area (Å²) in [6, 6.07) is 11.5. The average Bonchev–Trinajstić information content (AvgIpc) is 2.62. The van der Waals surface area contributed by atoms with E-state index in [1.165, 1.54) is 89.4 Å². The highest BCUT2D eigenvalue weighted by molar-refractivity contribution is 7.82. The van der Waals surface area contributed by atoms with Crippen molar-refractivity contribution >= 4 is 12.6 Å². The first-order valence-electron chi connectivity index (χ1n) is 10.6. The van der Waals surface area contributed by atoms with Crippen molar-refractivity contribution in [3.8, 4) is 0 Å². The Kier molecular flexibility index (Phi) is 12.6. The normalized spacial score (nSPS) is 11.8. The maximum Gasteiger partial charge on any atom is 0.0936 e. The number of rotatable bonds is 15. The molecular weight excluding hydrogens is 307 g/mol. The van der Waals surface area contributed by atoms with Gasteiger partial charge in [0.25, 0.3) is 0 Å². The van der Waals surface area contributed by atoms with Gasteiger partial charge in [0, 0.05) is 7.26 Å². The molecule has 0 saturated heterocycles. The summed E-state index contributed by atoms with van der Waals surface area (Å²) < 4.78 is 0. The summed E-state index contributed by atoms with van der Waals surface area (Å²) in [5.74, 6) is 0. The molecule has 0 fully saturated rings. The highest BCUT2D eigenvalue weighted by atomic mass is 31.2. The third-order valence-corrected chi connectivity index (χ3v) is 9.54. The molecule has 1 aromatic rings. The van der Waals surface area contributed by atoms with Crippen LogP contribution < -0.4 is 5.30 Å². The fourth-order valence-electron chi connectivity index (χ4n) is 3.64. The van der Waals surface area contributed by atoms with Crippen LogP contribution in [-0.2, 0) is 0 Å². The molecule has 0 N–H and O–H groups in total. The third kappa shape index (κ3) is 9.22. The summed E-state index contributed by atoms with van der Waals surface area (Å²) in [7, 11) is -0.933. The molecular formula is C23H42P+. The zero-order valence-corrected chi connectivity index (χ0v) is 17.6. The van der Waals surface area contributed by atoms with Gasteiger partial charge in [0.2, 0.25) is 0 Å². The van der Waals surface area contributed by atoms with E-state index < -0.39 is 7.26 Å². The van der Waals surface area contributed by atoms with Gasteiger partial charge >= 0.3 is 0 Å². The predicted octanol–water partition coefficient (Wildman–Crippen LogP) is 7.68. The van der Waals surface area contributed by atoms with Crippen molar-refractivity contribution in [2.45, 2.75) is 90.9 Å². The predicted molar refractivity (Wildman–Crippen MR) is 115 cm³/mol. The van der Waals surface area contributed by atoms with E-state index in [1.54, 1.807) is 5.30 Å². The molecule has 0 aliphatic carbocycles. The molecule has 1 aromatic carbocycles. The van der Waals surface area contributed by atoms with Gasteiger partial charge in [0.15, 0.2) is 0 Å². The lowest BCUT2D eigenvalue weighted by Crippen LogP contribution is -2.16. The van der Waals surface area contributed by atoms with Gasteiger partial charge < -0.3 is 0 Å². The first-order valence-corrected chi connectivity index (χ1v) is 13.2. The molecule has 1 rings (SSSR count). The third-order valence-electron chi connectivity index (χ3n) is 5.39. The average molecular weight is 350 g/mol. The molecule has 0 amide bonds. The van der Waals surface area contributed by atoms with Crippen LogP contribution in [0.1, 0.15) is 90.9 Å². The van der Waals surface area contributed by atoms with Crippen molar-refractivity contribution in [2.75, 3.05) is 19.0 Å². The van der Waals surface area contributed by atoms with Gasteiger partial charge in [-0.1, -0.05) is 83.4 Å². The Morgan fingerprint density at radius 1 is 0.583 bits per heavy atom. The van der Waals surface area contributed by atoms with E-state index in [1.807, 2.05) is 0 Å². The first kappa shape index (κ1) is 21.7. The maximum absolute atomic E-state index is 2.63. The van der Waals surface area contributed by atoms with Crippen molar-refractivity contribution in [1.29, 1.82) is 0 Å². The summed E-state index contributed by atoms with van der Waals surface area (Å²) >= 11 is 0. The van der Waals surface area contributed by atoms with Crippen LogP contribution in [0.2, 0.25) is 0 Å². The van der Waals surface area contributed by atoms with Crippen LogP contribution in [0, 0.1) is 0 Å². The van der Waals surface area contributed by atoms with Gasteiger partial charge in [-0.05, 0) is 37.8 Å². The van der Waals surface area contributed by atoms with E-state index in [9.17, 15) is 0 Å². The Labute approximate surface area is 153 Å². The highest BCUT2D eigenvalue weighted by Gasteiger charge is 2.32. The fourth-order valence-corrected chi connectivity index (χ4v) is 7.12. The van der Waals surface area contributed by atoms with Gasteiger partial charge in [0.1, 0.15) is 0 Å². The summed E-state index contributed by atoms with van der Waals surface area (Å²) in [6.45, 7) is 7.23. The molecule has 24 heavy (non-hydrogen) atoms. The summed E-state index contributed by atoms with van der Waals surface area (Å²) in [4.78, 5) is 0. The minimum Gasteiger partial charge on any atom is -0.0654 e. The fraction of sp³-hybridized carbons (Fsp3) is 0.739. The minimum absolute atomic E-state index is 0.933. The molecule has 0 aliphatic rings. The number of hydrogen-bond acceptors (Lipinski definition) is 0. The second-order valence-electron chi connectivity index (χ2n) is 7.71. The zero-order chi connectivity index (χ0) is 17.5. The molecule has 0 aliphatic heterocycles. The van der Waals surface area contributed by atoms with Crippen LogP contribution in [0.5, 0.6) is 0 Å². The molecule has 1 heteroatoms. The molecule has 0 radical (unpaired) electrons. The largest absolute Gasteiger partial charge is 0.0936 e. The minimum atomic E-state index is -0.933. The Morgan fingerprint density at radius 3 is 1.46 bits per heavy atom. The zero-order valence-electron chi connectivity index (χ0n) is 16.7. The lowest BCUT2D eigenvalue weighted by molar-refractivity contribution is 0.621. The van der Waals surface area contributed by atoms with E-state index >= 15 is 0 Å². The van der Waals surface area contributed by atoms with E-state index in [4.69, 9.17) is 0 Å². The Morgan fingerprint density at radius 2 is 1.00 bits per heavy atom. The van der Waals surface area contributed by atoms with E-state index in [-0.39, 0.29) is 0 Å². The monoisotopic (exact) mass is 349 g/mol. The molecule has 0 atom stereocenters. The first-order chi connectivity index (χ1) is 11.7. The van der Waals surface area contributed by atoms with Crippen molar-refractivity contribution < 1.29 is 0 Å². The molecule has 0 saturated carbocycles. The Balaban J connectivity index is 2.42. The second kappa shape index (κ2) is 13.9. The molecule has 138 valence electrons. The Hall–Kier alpha value is -0.350. The molecule has 0 aromatic heterocycles. The number of unbranched alkanes of at least 4 members (excludes halogenated alkanes) is 10. The number of hydrogen-bond donors (Lipinski definition) is 0. The standard InChI is InChI=1S/C23H42P/c1-4-6-8-10-12-17-21-24(3,23-19-15-14-16-20-23)22-18-13-11-9-7-5-2/h14-16,19-20H,4-13,17-18,21-22H2,1-3H3/q+1. The lowest BCUT2D eigenvalue weighted by Gasteiger charge is -2.23. The van der Waals surface area contributed by atoms with Crippen molar-refractivity contribution in [1.82, 2.24) is 0 Å². The van der Waals surface area contributed by atoms with Crippen molar-refractivity contribution in [3.63, 3.8) is 0 Å². The van der Waals surface area contributed by atoms with Crippen molar-refractivity contribution in [2.24, 2.45) is 0 Å². The summed E-state index contributed by atoms with van der Waals surface area (Å²) in [6.07, 6.45) is 20.0. The van der Waals surface area contributed by atoms with E-state index in [2.05, 4.69) is 50.8 Å². The van der Waals surface area contributed by atoms with Crippen LogP contribution in [0.4, 0.5) is 0 Å². The van der Waals surface area contributed by atoms with Crippen molar-refractivity contribution in [3.05, 3.63) is 30.3 Å². The maximum atomic E-state index is 2.63. The molecule has 0 bridgehead atoms. The van der Waals surface area contributed by atoms with Gasteiger partial charge in [0.05, 0.1) is 24.3 Å². The molecule has 0 heterocycles. The SMILES string of the molecule is CCCCCCCC[P+](C)(CCCCCCCC)c1ccccc1.